The maximum absolute atomic E-state index is 13.3. The number of aromatic nitrogens is 3. The maximum atomic E-state index is 13.3. The Balaban J connectivity index is 1.95. The zero-order chi connectivity index (χ0) is 23.9. The first-order valence-corrected chi connectivity index (χ1v) is 11.3. The monoisotopic (exact) mass is 463 g/mol. The van der Waals surface area contributed by atoms with E-state index in [0.717, 1.165) is 22.6 Å². The van der Waals surface area contributed by atoms with Crippen LogP contribution in [0.1, 0.15) is 26.5 Å². The predicted octanol–water partition coefficient (Wildman–Crippen LogP) is 4.91. The van der Waals surface area contributed by atoms with E-state index >= 15 is 0 Å². The van der Waals surface area contributed by atoms with E-state index in [2.05, 4.69) is 0 Å². The van der Waals surface area contributed by atoms with Gasteiger partial charge >= 0.3 is 0 Å². The van der Waals surface area contributed by atoms with Crippen LogP contribution in [0, 0.1) is 17.0 Å². The number of non-ortho nitro benzene ring substituents is 1. The topological polar surface area (TPSA) is 87.4 Å². The van der Waals surface area contributed by atoms with Gasteiger partial charge in [0, 0.05) is 35.7 Å². The molecule has 4 rings (SSSR count). The van der Waals surface area contributed by atoms with Gasteiger partial charge in [-0.05, 0) is 39.8 Å². The maximum Gasteiger partial charge on any atom is 0.297 e. The van der Waals surface area contributed by atoms with E-state index in [4.69, 9.17) is 4.99 Å². The summed E-state index contributed by atoms with van der Waals surface area (Å²) in [5, 5.41) is 13.2. The highest BCUT2D eigenvalue weighted by molar-refractivity contribution is 7.07. The average molecular weight is 464 g/mol. The molecule has 33 heavy (non-hydrogen) atoms. The molecule has 2 aromatic carbocycles. The van der Waals surface area contributed by atoms with Gasteiger partial charge in [0.15, 0.2) is 10.5 Å². The van der Waals surface area contributed by atoms with Gasteiger partial charge in [-0.1, -0.05) is 30.3 Å². The lowest BCUT2D eigenvalue weighted by Gasteiger charge is -2.24. The molecule has 0 fully saturated rings. The normalized spacial score (nSPS) is 12.3. The number of thiazole rings is 1. The van der Waals surface area contributed by atoms with Gasteiger partial charge < -0.3 is 4.57 Å². The van der Waals surface area contributed by atoms with Crippen molar-refractivity contribution in [2.45, 2.75) is 33.2 Å². The van der Waals surface area contributed by atoms with E-state index in [9.17, 15) is 14.9 Å². The minimum Gasteiger partial charge on any atom is -0.311 e. The van der Waals surface area contributed by atoms with Crippen molar-refractivity contribution in [3.8, 4) is 16.9 Å². The molecule has 0 unspecified atom stereocenters. The van der Waals surface area contributed by atoms with Crippen molar-refractivity contribution in [1.29, 1.82) is 0 Å². The SMILES string of the molecule is Cc1c(N=c2scc(-c3cccc([N+](=O)[O-])c3)n2C(C)(C)C)c(=O)n(-c2ccccc2)n1C. The summed E-state index contributed by atoms with van der Waals surface area (Å²) < 4.78 is 5.42. The van der Waals surface area contributed by atoms with Crippen LogP contribution >= 0.6 is 11.3 Å². The third-order valence-corrected chi connectivity index (χ3v) is 6.29. The van der Waals surface area contributed by atoms with Gasteiger partial charge in [0.25, 0.3) is 11.2 Å². The van der Waals surface area contributed by atoms with Gasteiger partial charge in [-0.15, -0.1) is 11.3 Å². The fourth-order valence-electron chi connectivity index (χ4n) is 3.80. The summed E-state index contributed by atoms with van der Waals surface area (Å²) in [6.45, 7) is 8.00. The van der Waals surface area contributed by atoms with Crippen LogP contribution in [-0.4, -0.2) is 18.9 Å². The van der Waals surface area contributed by atoms with Crippen LogP contribution in [0.2, 0.25) is 0 Å². The van der Waals surface area contributed by atoms with Crippen LogP contribution < -0.4 is 10.4 Å². The van der Waals surface area contributed by atoms with Gasteiger partial charge in [0.1, 0.15) is 0 Å². The van der Waals surface area contributed by atoms with Crippen molar-refractivity contribution in [1.82, 2.24) is 13.9 Å². The van der Waals surface area contributed by atoms with E-state index in [1.54, 1.807) is 21.5 Å². The molecule has 2 aromatic heterocycles. The Morgan fingerprint density at radius 1 is 1.06 bits per heavy atom. The van der Waals surface area contributed by atoms with E-state index in [-0.39, 0.29) is 16.8 Å². The molecule has 0 amide bonds. The molecule has 0 N–H and O–H groups in total. The first-order chi connectivity index (χ1) is 15.6. The number of nitro groups is 1. The van der Waals surface area contributed by atoms with Crippen molar-refractivity contribution in [3.63, 3.8) is 0 Å². The summed E-state index contributed by atoms with van der Waals surface area (Å²) in [4.78, 5) is 29.7. The smallest absolute Gasteiger partial charge is 0.297 e. The summed E-state index contributed by atoms with van der Waals surface area (Å²) in [5.74, 6) is 0. The van der Waals surface area contributed by atoms with Gasteiger partial charge in [-0.2, -0.15) is 0 Å². The van der Waals surface area contributed by atoms with E-state index in [0.29, 0.717) is 10.5 Å². The molecule has 4 aromatic rings. The molecule has 0 saturated heterocycles. The van der Waals surface area contributed by atoms with Crippen LogP contribution in [0.15, 0.2) is 69.8 Å². The van der Waals surface area contributed by atoms with Crippen LogP contribution in [0.5, 0.6) is 0 Å². The molecular weight excluding hydrogens is 438 g/mol. The number of benzene rings is 2. The van der Waals surface area contributed by atoms with Crippen LogP contribution in [0.25, 0.3) is 16.9 Å². The first-order valence-electron chi connectivity index (χ1n) is 10.4. The molecule has 9 heteroatoms. The molecule has 0 spiro atoms. The standard InChI is InChI=1S/C24H25N5O3S/c1-16-21(22(30)28(26(16)5)18-11-7-6-8-12-18)25-23-27(24(2,3)4)20(15-33-23)17-10-9-13-19(14-17)29(31)32/h6-15H,1-5H3. The quantitative estimate of drug-likeness (QED) is 0.318. The highest BCUT2D eigenvalue weighted by Gasteiger charge is 2.22. The number of nitro benzene ring substituents is 1. The van der Waals surface area contributed by atoms with Crippen LogP contribution in [0.3, 0.4) is 0 Å². The van der Waals surface area contributed by atoms with Gasteiger partial charge in [0.05, 0.1) is 22.0 Å². The second kappa shape index (κ2) is 8.32. The molecule has 0 saturated carbocycles. The minimum atomic E-state index is -0.401. The van der Waals surface area contributed by atoms with Crippen molar-refractivity contribution in [2.24, 2.45) is 12.0 Å². The van der Waals surface area contributed by atoms with Gasteiger partial charge in [-0.3, -0.25) is 19.6 Å². The van der Waals surface area contributed by atoms with Gasteiger partial charge in [-0.25, -0.2) is 9.67 Å². The molecule has 0 aliphatic carbocycles. The fraction of sp³-hybridized carbons (Fsp3) is 0.250. The lowest BCUT2D eigenvalue weighted by Crippen LogP contribution is -2.32. The number of nitrogens with zero attached hydrogens (tertiary/aromatic N) is 5. The van der Waals surface area contributed by atoms with E-state index in [1.807, 2.05) is 81.1 Å². The van der Waals surface area contributed by atoms with Crippen molar-refractivity contribution < 1.29 is 4.92 Å². The molecule has 2 heterocycles. The Hall–Kier alpha value is -3.72. The summed E-state index contributed by atoms with van der Waals surface area (Å²) in [5.41, 5.74) is 2.87. The molecule has 0 aliphatic heterocycles. The van der Waals surface area contributed by atoms with E-state index < -0.39 is 4.92 Å². The lowest BCUT2D eigenvalue weighted by atomic mass is 10.1. The Bertz CT molecular complexity index is 1470. The molecular formula is C24H25N5O3S. The molecule has 0 atom stereocenters. The second-order valence-electron chi connectivity index (χ2n) is 8.74. The lowest BCUT2D eigenvalue weighted by molar-refractivity contribution is -0.384. The summed E-state index contributed by atoms with van der Waals surface area (Å²) in [7, 11) is 1.84. The Morgan fingerprint density at radius 2 is 1.76 bits per heavy atom. The van der Waals surface area contributed by atoms with Crippen molar-refractivity contribution in [3.05, 3.63) is 90.9 Å². The minimum absolute atomic E-state index is 0.0299. The zero-order valence-electron chi connectivity index (χ0n) is 19.1. The van der Waals surface area contributed by atoms with Gasteiger partial charge in [0.2, 0.25) is 0 Å². The van der Waals surface area contributed by atoms with Crippen molar-refractivity contribution in [2.75, 3.05) is 0 Å². The van der Waals surface area contributed by atoms with E-state index in [1.165, 1.54) is 17.4 Å². The zero-order valence-corrected chi connectivity index (χ0v) is 20.0. The Kier molecular flexibility index (Phi) is 5.67. The second-order valence-corrected chi connectivity index (χ2v) is 9.58. The predicted molar refractivity (Wildman–Crippen MR) is 130 cm³/mol. The number of para-hydroxylation sites is 1. The average Bonchev–Trinajstić information content (AvgIpc) is 3.30. The molecule has 8 nitrogen and oxygen atoms in total. The molecule has 0 bridgehead atoms. The Morgan fingerprint density at radius 3 is 2.39 bits per heavy atom. The molecule has 0 aliphatic rings. The van der Waals surface area contributed by atoms with Crippen molar-refractivity contribution >= 4 is 22.7 Å². The number of rotatable bonds is 4. The first kappa shape index (κ1) is 22.5. The fourth-order valence-corrected chi connectivity index (χ4v) is 4.88. The molecule has 170 valence electrons. The highest BCUT2D eigenvalue weighted by atomic mass is 32.1. The summed E-state index contributed by atoms with van der Waals surface area (Å²) >= 11 is 1.40. The summed E-state index contributed by atoms with van der Waals surface area (Å²) in [6.07, 6.45) is 0. The highest BCUT2D eigenvalue weighted by Crippen LogP contribution is 2.29. The summed E-state index contributed by atoms with van der Waals surface area (Å²) in [6, 6.07) is 16.0. The van der Waals surface area contributed by atoms with Crippen LogP contribution in [0.4, 0.5) is 11.4 Å². The Labute approximate surface area is 194 Å². The molecule has 0 radical (unpaired) electrons. The third kappa shape index (κ3) is 4.07. The number of hydrogen-bond donors (Lipinski definition) is 0. The van der Waals surface area contributed by atoms with Crippen LogP contribution in [-0.2, 0) is 12.6 Å². The third-order valence-electron chi connectivity index (χ3n) is 5.46. The largest absolute Gasteiger partial charge is 0.311 e. The number of hydrogen-bond acceptors (Lipinski definition) is 5.